The maximum atomic E-state index is 14.4. The second-order valence-electron chi connectivity index (χ2n) is 5.81. The van der Waals surface area contributed by atoms with Crippen molar-refractivity contribution >= 4 is 46.9 Å². The van der Waals surface area contributed by atoms with Crippen molar-refractivity contribution in [3.8, 4) is 0 Å². The predicted octanol–water partition coefficient (Wildman–Crippen LogP) is 2.68. The number of benzene rings is 1. The van der Waals surface area contributed by atoms with Crippen molar-refractivity contribution in [2.45, 2.75) is 27.8 Å². The smallest absolute Gasteiger partial charge is 0.342 e. The van der Waals surface area contributed by atoms with Crippen LogP contribution >= 0.6 is 35.0 Å². The van der Waals surface area contributed by atoms with Crippen LogP contribution in [-0.4, -0.2) is 38.6 Å². The van der Waals surface area contributed by atoms with Gasteiger partial charge in [0.1, 0.15) is 5.54 Å². The Morgan fingerprint density at radius 1 is 1.26 bits per heavy atom. The number of fused-ring (bicyclic) bond motifs is 1. The summed E-state index contributed by atoms with van der Waals surface area (Å²) in [6, 6.07) is 4.79. The summed E-state index contributed by atoms with van der Waals surface area (Å²) in [6.45, 7) is 0. The molecule has 0 heterocycles. The van der Waals surface area contributed by atoms with Crippen LogP contribution in [0.2, 0.25) is 10.0 Å². The lowest BCUT2D eigenvalue weighted by molar-refractivity contribution is -0.149. The molecule has 3 rings (SSSR count). The van der Waals surface area contributed by atoms with Crippen LogP contribution in [0, 0.1) is 11.8 Å². The molecule has 2 saturated carbocycles. The molecule has 0 unspecified atom stereocenters. The highest BCUT2D eigenvalue weighted by Gasteiger charge is 2.84. The van der Waals surface area contributed by atoms with E-state index in [1.165, 1.54) is 0 Å². The van der Waals surface area contributed by atoms with Gasteiger partial charge in [0.25, 0.3) is 0 Å². The first-order valence-corrected chi connectivity index (χ1v) is 8.33. The third kappa shape index (κ3) is 2.25. The van der Waals surface area contributed by atoms with E-state index in [1.54, 1.807) is 18.2 Å². The van der Waals surface area contributed by atoms with E-state index in [2.05, 4.69) is 0 Å². The second kappa shape index (κ2) is 5.24. The molecule has 9 heteroatoms. The van der Waals surface area contributed by atoms with E-state index in [0.717, 1.165) is 11.8 Å². The molecule has 0 saturated heterocycles. The number of hydrogen-bond acceptors (Lipinski definition) is 4. The zero-order valence-electron chi connectivity index (χ0n) is 11.5. The highest BCUT2D eigenvalue weighted by molar-refractivity contribution is 8.00. The van der Waals surface area contributed by atoms with Gasteiger partial charge in [0.2, 0.25) is 5.67 Å². The van der Waals surface area contributed by atoms with Crippen LogP contribution in [0.4, 0.5) is 4.39 Å². The monoisotopic (exact) mass is 379 g/mol. The second-order valence-corrected chi connectivity index (χ2v) is 7.90. The molecule has 0 radical (unpaired) electrons. The Balaban J connectivity index is 1.89. The molecule has 2 aliphatic carbocycles. The first-order chi connectivity index (χ1) is 10.6. The summed E-state index contributed by atoms with van der Waals surface area (Å²) in [4.78, 5) is 23.4. The number of alkyl halides is 1. The molecule has 0 aliphatic heterocycles. The van der Waals surface area contributed by atoms with Gasteiger partial charge in [-0.2, -0.15) is 0 Å². The van der Waals surface area contributed by atoms with E-state index in [9.17, 15) is 19.1 Å². The van der Waals surface area contributed by atoms with E-state index in [0.29, 0.717) is 14.9 Å². The van der Waals surface area contributed by atoms with Crippen LogP contribution in [0.1, 0.15) is 6.42 Å². The summed E-state index contributed by atoms with van der Waals surface area (Å²) >= 11 is 12.9. The van der Waals surface area contributed by atoms with Crippen molar-refractivity contribution in [1.29, 1.82) is 0 Å². The molecule has 0 spiro atoms. The molecule has 0 bridgehead atoms. The SMILES string of the molecule is N[C@]1(C(=O)O)[C@H]2[C@@H](C[C@H]1Sc1ccc(Cl)c(Cl)c1)[C@]2(F)C(=O)O. The average Bonchev–Trinajstić information content (AvgIpc) is 2.94. The van der Waals surface area contributed by atoms with Crippen LogP contribution in [-0.2, 0) is 9.59 Å². The highest BCUT2D eigenvalue weighted by Crippen LogP contribution is 2.68. The van der Waals surface area contributed by atoms with Gasteiger partial charge in [-0.1, -0.05) is 23.2 Å². The van der Waals surface area contributed by atoms with Crippen molar-refractivity contribution in [3.05, 3.63) is 28.2 Å². The summed E-state index contributed by atoms with van der Waals surface area (Å²) in [5.41, 5.74) is 1.47. The summed E-state index contributed by atoms with van der Waals surface area (Å²) < 4.78 is 14.4. The third-order valence-corrected chi connectivity index (χ3v) is 6.80. The lowest BCUT2D eigenvalue weighted by Crippen LogP contribution is -2.58. The molecule has 2 fully saturated rings. The van der Waals surface area contributed by atoms with Crippen molar-refractivity contribution in [3.63, 3.8) is 0 Å². The summed E-state index contributed by atoms with van der Waals surface area (Å²) in [5.74, 6) is -5.17. The highest BCUT2D eigenvalue weighted by atomic mass is 35.5. The van der Waals surface area contributed by atoms with Crippen molar-refractivity contribution < 1.29 is 24.2 Å². The zero-order chi connectivity index (χ0) is 17.2. The molecule has 4 N–H and O–H groups in total. The largest absolute Gasteiger partial charge is 0.480 e. The molecule has 5 atom stereocenters. The molecule has 23 heavy (non-hydrogen) atoms. The van der Waals surface area contributed by atoms with Gasteiger partial charge in [0.05, 0.1) is 10.0 Å². The molecular formula is C14H12Cl2FNO4S. The number of aliphatic carboxylic acids is 2. The molecule has 2 aliphatic rings. The quantitative estimate of drug-likeness (QED) is 0.743. The zero-order valence-corrected chi connectivity index (χ0v) is 13.8. The van der Waals surface area contributed by atoms with Gasteiger partial charge in [0, 0.05) is 22.0 Å². The van der Waals surface area contributed by atoms with Gasteiger partial charge >= 0.3 is 11.9 Å². The normalized spacial score (nSPS) is 38.2. The fourth-order valence-corrected chi connectivity index (χ4v) is 5.23. The number of halogens is 3. The molecule has 124 valence electrons. The minimum absolute atomic E-state index is 0.0706. The third-order valence-electron chi connectivity index (χ3n) is 4.67. The van der Waals surface area contributed by atoms with Gasteiger partial charge in [-0.3, -0.25) is 4.79 Å². The maximum Gasteiger partial charge on any atom is 0.342 e. The molecule has 5 nitrogen and oxygen atoms in total. The van der Waals surface area contributed by atoms with Crippen molar-refractivity contribution in [2.75, 3.05) is 0 Å². The number of thioether (sulfide) groups is 1. The maximum absolute atomic E-state index is 14.4. The Kier molecular flexibility index (Phi) is 3.83. The van der Waals surface area contributed by atoms with E-state index in [1.807, 2.05) is 0 Å². The van der Waals surface area contributed by atoms with E-state index >= 15 is 0 Å². The number of rotatable bonds is 4. The molecule has 0 aromatic heterocycles. The van der Waals surface area contributed by atoms with Crippen molar-refractivity contribution in [2.24, 2.45) is 17.6 Å². The number of carboxylic acids is 2. The van der Waals surface area contributed by atoms with Gasteiger partial charge in [-0.05, 0) is 24.6 Å². The number of carbonyl (C=O) groups is 2. The summed E-state index contributed by atoms with van der Waals surface area (Å²) in [7, 11) is 0. The molecule has 0 amide bonds. The number of carboxylic acid groups (broad SMARTS) is 2. The van der Waals surface area contributed by atoms with E-state index in [4.69, 9.17) is 34.0 Å². The average molecular weight is 380 g/mol. The van der Waals surface area contributed by atoms with Gasteiger partial charge in [0.15, 0.2) is 0 Å². The topological polar surface area (TPSA) is 101 Å². The molecular weight excluding hydrogens is 368 g/mol. The van der Waals surface area contributed by atoms with Gasteiger partial charge in [-0.25, -0.2) is 9.18 Å². The Labute approximate surface area is 144 Å². The van der Waals surface area contributed by atoms with Crippen molar-refractivity contribution in [1.82, 2.24) is 0 Å². The molecule has 1 aromatic rings. The Morgan fingerprint density at radius 3 is 2.43 bits per heavy atom. The first-order valence-electron chi connectivity index (χ1n) is 6.69. The van der Waals surface area contributed by atoms with Crippen LogP contribution in [0.15, 0.2) is 23.1 Å². The Bertz CT molecular complexity index is 720. The predicted molar refractivity (Wildman–Crippen MR) is 83.7 cm³/mol. The van der Waals surface area contributed by atoms with Crippen LogP contribution < -0.4 is 5.73 Å². The first kappa shape index (κ1) is 16.8. The Hall–Kier alpha value is -1.02. The van der Waals surface area contributed by atoms with E-state index < -0.39 is 40.2 Å². The lowest BCUT2D eigenvalue weighted by Gasteiger charge is -2.31. The minimum Gasteiger partial charge on any atom is -0.480 e. The fraction of sp³-hybridized carbons (Fsp3) is 0.429. The number of nitrogens with two attached hydrogens (primary N) is 1. The summed E-state index contributed by atoms with van der Waals surface area (Å²) in [6.07, 6.45) is 0.0706. The van der Waals surface area contributed by atoms with Crippen LogP contribution in [0.25, 0.3) is 0 Å². The fourth-order valence-electron chi connectivity index (χ4n) is 3.46. The summed E-state index contributed by atoms with van der Waals surface area (Å²) in [5, 5.41) is 18.5. The van der Waals surface area contributed by atoms with Crippen LogP contribution in [0.3, 0.4) is 0 Å². The van der Waals surface area contributed by atoms with Gasteiger partial charge < -0.3 is 15.9 Å². The minimum atomic E-state index is -2.55. The van der Waals surface area contributed by atoms with E-state index in [-0.39, 0.29) is 6.42 Å². The Morgan fingerprint density at radius 2 is 1.91 bits per heavy atom. The molecule has 1 aromatic carbocycles. The standard InChI is InChI=1S/C14H12Cl2FNO4S/c15-7-2-1-5(3-8(7)16)23-9-4-6-10(13(6,17)11(19)20)14(9,18)12(21)22/h1-3,6,9-10H,4,18H2,(H,19,20)(H,21,22)/t6-,9-,10+,13-,14+/m1/s1. The lowest BCUT2D eigenvalue weighted by atomic mass is 9.90. The van der Waals surface area contributed by atoms with Gasteiger partial charge in [-0.15, -0.1) is 11.8 Å². The number of hydrogen-bond donors (Lipinski definition) is 3. The van der Waals surface area contributed by atoms with Crippen LogP contribution in [0.5, 0.6) is 0 Å².